The molecule has 0 aliphatic rings. The largest absolute Gasteiger partial charge is 0.383 e. The molecular formula is C11H15FN2O3. The van der Waals surface area contributed by atoms with Crippen LogP contribution in [0.2, 0.25) is 0 Å². The van der Waals surface area contributed by atoms with E-state index in [1.807, 2.05) is 0 Å². The number of methoxy groups -OCH3 is 1. The van der Waals surface area contributed by atoms with Gasteiger partial charge in [0.05, 0.1) is 13.2 Å². The monoisotopic (exact) mass is 242 g/mol. The van der Waals surface area contributed by atoms with E-state index in [0.29, 0.717) is 13.2 Å². The normalized spacial score (nSPS) is 10.0. The maximum Gasteiger partial charge on any atom is 0.338 e. The molecule has 0 radical (unpaired) electrons. The Morgan fingerprint density at radius 2 is 2.06 bits per heavy atom. The van der Waals surface area contributed by atoms with Gasteiger partial charge in [0.25, 0.3) is 0 Å². The number of halogens is 1. The lowest BCUT2D eigenvalue weighted by Crippen LogP contribution is -2.37. The molecule has 5 nitrogen and oxygen atoms in total. The number of hydrogen-bond donors (Lipinski definition) is 2. The Balaban J connectivity index is 2.14. The van der Waals surface area contributed by atoms with Gasteiger partial charge in [0, 0.05) is 13.7 Å². The van der Waals surface area contributed by atoms with Crippen molar-refractivity contribution in [2.45, 2.75) is 6.61 Å². The third-order valence-electron chi connectivity index (χ3n) is 1.91. The molecule has 2 amide bonds. The molecule has 0 saturated carbocycles. The molecule has 0 atom stereocenters. The maximum absolute atomic E-state index is 12.6. The van der Waals surface area contributed by atoms with Gasteiger partial charge in [-0.2, -0.15) is 0 Å². The van der Waals surface area contributed by atoms with Crippen LogP contribution >= 0.6 is 0 Å². The van der Waals surface area contributed by atoms with Crippen molar-refractivity contribution in [2.75, 3.05) is 20.3 Å². The first kappa shape index (κ1) is 13.4. The van der Waals surface area contributed by atoms with Gasteiger partial charge in [-0.25, -0.2) is 14.7 Å². The van der Waals surface area contributed by atoms with Crippen molar-refractivity contribution < 1.29 is 18.8 Å². The van der Waals surface area contributed by atoms with E-state index < -0.39 is 6.03 Å². The second-order valence-corrected chi connectivity index (χ2v) is 3.27. The first-order valence-electron chi connectivity index (χ1n) is 5.11. The maximum atomic E-state index is 12.6. The highest BCUT2D eigenvalue weighted by atomic mass is 19.1. The molecule has 1 rings (SSSR count). The summed E-state index contributed by atoms with van der Waals surface area (Å²) in [5, 5.41) is 2.52. The molecule has 94 valence electrons. The van der Waals surface area contributed by atoms with Crippen molar-refractivity contribution in [1.29, 1.82) is 0 Å². The summed E-state index contributed by atoms with van der Waals surface area (Å²) < 4.78 is 17.3. The Morgan fingerprint density at radius 1 is 1.35 bits per heavy atom. The van der Waals surface area contributed by atoms with Gasteiger partial charge >= 0.3 is 6.03 Å². The molecule has 0 bridgehead atoms. The summed E-state index contributed by atoms with van der Waals surface area (Å²) in [7, 11) is 1.55. The van der Waals surface area contributed by atoms with Crippen molar-refractivity contribution in [2.24, 2.45) is 0 Å². The molecule has 0 aromatic heterocycles. The number of carbonyl (C=O) groups is 1. The lowest BCUT2D eigenvalue weighted by Gasteiger charge is -2.07. The van der Waals surface area contributed by atoms with E-state index in [-0.39, 0.29) is 12.4 Å². The molecule has 1 aromatic carbocycles. The Bertz CT molecular complexity index is 343. The summed E-state index contributed by atoms with van der Waals surface area (Å²) in [6.07, 6.45) is 0. The van der Waals surface area contributed by atoms with Crippen LogP contribution in [0.1, 0.15) is 5.56 Å². The molecule has 0 heterocycles. The number of benzene rings is 1. The first-order valence-corrected chi connectivity index (χ1v) is 5.11. The van der Waals surface area contributed by atoms with Crippen LogP contribution in [0.15, 0.2) is 24.3 Å². The average molecular weight is 242 g/mol. The van der Waals surface area contributed by atoms with Gasteiger partial charge in [-0.15, -0.1) is 0 Å². The lowest BCUT2D eigenvalue weighted by atomic mass is 10.2. The number of nitrogens with one attached hydrogen (secondary N) is 2. The molecule has 0 aliphatic heterocycles. The van der Waals surface area contributed by atoms with Crippen LogP contribution in [0, 0.1) is 5.82 Å². The van der Waals surface area contributed by atoms with Gasteiger partial charge in [0.2, 0.25) is 0 Å². The van der Waals surface area contributed by atoms with Crippen LogP contribution in [0.3, 0.4) is 0 Å². The molecule has 2 N–H and O–H groups in total. The second-order valence-electron chi connectivity index (χ2n) is 3.27. The van der Waals surface area contributed by atoms with Gasteiger partial charge in [-0.1, -0.05) is 12.1 Å². The van der Waals surface area contributed by atoms with E-state index in [4.69, 9.17) is 9.57 Å². The van der Waals surface area contributed by atoms with Gasteiger partial charge in [0.15, 0.2) is 0 Å². The van der Waals surface area contributed by atoms with Crippen molar-refractivity contribution in [3.63, 3.8) is 0 Å². The van der Waals surface area contributed by atoms with Gasteiger partial charge in [0.1, 0.15) is 5.82 Å². The number of rotatable bonds is 6. The van der Waals surface area contributed by atoms with E-state index in [2.05, 4.69) is 10.8 Å². The van der Waals surface area contributed by atoms with E-state index in [9.17, 15) is 9.18 Å². The van der Waals surface area contributed by atoms with Crippen LogP contribution < -0.4 is 10.8 Å². The van der Waals surface area contributed by atoms with E-state index in [1.165, 1.54) is 12.1 Å². The Morgan fingerprint density at radius 3 is 2.71 bits per heavy atom. The Labute approximate surface area is 98.9 Å². The topological polar surface area (TPSA) is 59.6 Å². The number of hydrogen-bond acceptors (Lipinski definition) is 3. The smallest absolute Gasteiger partial charge is 0.338 e. The van der Waals surface area contributed by atoms with E-state index in [1.54, 1.807) is 19.2 Å². The highest BCUT2D eigenvalue weighted by molar-refractivity contribution is 5.72. The summed E-state index contributed by atoms with van der Waals surface area (Å²) in [4.78, 5) is 16.0. The summed E-state index contributed by atoms with van der Waals surface area (Å²) in [6, 6.07) is 5.39. The molecule has 0 unspecified atom stereocenters. The zero-order valence-electron chi connectivity index (χ0n) is 9.53. The van der Waals surface area contributed by atoms with Crippen LogP contribution in [-0.2, 0) is 16.2 Å². The molecule has 0 fully saturated rings. The standard InChI is InChI=1S/C11H15FN2O3/c1-16-7-6-13-11(15)14-17-8-9-2-4-10(12)5-3-9/h2-5H,6-8H2,1H3,(H2,13,14,15). The third-order valence-corrected chi connectivity index (χ3v) is 1.91. The predicted octanol–water partition coefficient (Wildman–Crippen LogP) is 1.20. The SMILES string of the molecule is COCCNC(=O)NOCc1ccc(F)cc1. The minimum Gasteiger partial charge on any atom is -0.383 e. The summed E-state index contributed by atoms with van der Waals surface area (Å²) in [5.74, 6) is -0.306. The minimum atomic E-state index is -0.441. The van der Waals surface area contributed by atoms with Crippen molar-refractivity contribution in [3.05, 3.63) is 35.6 Å². The zero-order valence-corrected chi connectivity index (χ0v) is 9.53. The fourth-order valence-electron chi connectivity index (χ4n) is 1.07. The second kappa shape index (κ2) is 7.59. The fourth-order valence-corrected chi connectivity index (χ4v) is 1.07. The summed E-state index contributed by atoms with van der Waals surface area (Å²) in [5.41, 5.74) is 2.97. The molecule has 0 saturated heterocycles. The van der Waals surface area contributed by atoms with Crippen molar-refractivity contribution >= 4 is 6.03 Å². The van der Waals surface area contributed by atoms with Crippen LogP contribution in [0.4, 0.5) is 9.18 Å². The third kappa shape index (κ3) is 5.84. The molecule has 1 aromatic rings. The molecule has 17 heavy (non-hydrogen) atoms. The Hall–Kier alpha value is -1.66. The predicted molar refractivity (Wildman–Crippen MR) is 59.6 cm³/mol. The van der Waals surface area contributed by atoms with Crippen LogP contribution in [0.5, 0.6) is 0 Å². The Kier molecular flexibility index (Phi) is 5.98. The average Bonchev–Trinajstić information content (AvgIpc) is 2.32. The first-order chi connectivity index (χ1) is 8.22. The summed E-state index contributed by atoms with van der Waals surface area (Å²) in [6.45, 7) is 1.02. The quantitative estimate of drug-likeness (QED) is 0.582. The van der Waals surface area contributed by atoms with E-state index in [0.717, 1.165) is 5.56 Å². The van der Waals surface area contributed by atoms with Gasteiger partial charge in [-0.05, 0) is 17.7 Å². The molecular weight excluding hydrogens is 227 g/mol. The molecule has 6 heteroatoms. The van der Waals surface area contributed by atoms with E-state index >= 15 is 0 Å². The number of carbonyl (C=O) groups excluding carboxylic acids is 1. The molecule has 0 aliphatic carbocycles. The number of urea groups is 1. The fraction of sp³-hybridized carbons (Fsp3) is 0.364. The van der Waals surface area contributed by atoms with Crippen molar-refractivity contribution in [3.8, 4) is 0 Å². The van der Waals surface area contributed by atoms with Gasteiger partial charge < -0.3 is 10.1 Å². The summed E-state index contributed by atoms with van der Waals surface area (Å²) >= 11 is 0. The zero-order chi connectivity index (χ0) is 12.5. The van der Waals surface area contributed by atoms with Crippen molar-refractivity contribution in [1.82, 2.24) is 10.8 Å². The number of amides is 2. The minimum absolute atomic E-state index is 0.179. The van der Waals surface area contributed by atoms with Gasteiger partial charge in [-0.3, -0.25) is 4.84 Å². The van der Waals surface area contributed by atoms with Crippen LogP contribution in [-0.4, -0.2) is 26.3 Å². The number of ether oxygens (including phenoxy) is 1. The highest BCUT2D eigenvalue weighted by Crippen LogP contribution is 2.02. The van der Waals surface area contributed by atoms with Crippen LogP contribution in [0.25, 0.3) is 0 Å². The lowest BCUT2D eigenvalue weighted by molar-refractivity contribution is 0.0484. The highest BCUT2D eigenvalue weighted by Gasteiger charge is 1.99. The molecule has 0 spiro atoms. The number of hydroxylamine groups is 1.